The van der Waals surface area contributed by atoms with Crippen LogP contribution < -0.4 is 0 Å². The Bertz CT molecular complexity index is 519. The average Bonchev–Trinajstić information content (AvgIpc) is 2.85. The minimum Gasteiger partial charge on any atom is -0.386 e. The van der Waals surface area contributed by atoms with Crippen molar-refractivity contribution in [3.8, 4) is 5.69 Å². The summed E-state index contributed by atoms with van der Waals surface area (Å²) in [5, 5.41) is 18.3. The first-order valence-electron chi connectivity index (χ1n) is 6.25. The Morgan fingerprint density at radius 1 is 1.26 bits per heavy atom. The fourth-order valence-electron chi connectivity index (χ4n) is 1.65. The highest BCUT2D eigenvalue weighted by Gasteiger charge is 2.19. The summed E-state index contributed by atoms with van der Waals surface area (Å²) in [5.41, 5.74) is 1.64. The second kappa shape index (κ2) is 5.75. The van der Waals surface area contributed by atoms with Crippen LogP contribution in [0.25, 0.3) is 5.69 Å². The number of aromatic nitrogens is 3. The summed E-state index contributed by atoms with van der Waals surface area (Å²) in [6, 6.07) is 9.73. The van der Waals surface area contributed by atoms with Crippen LogP contribution in [-0.2, 0) is 0 Å². The van der Waals surface area contributed by atoms with Gasteiger partial charge >= 0.3 is 0 Å². The van der Waals surface area contributed by atoms with Crippen LogP contribution >= 0.6 is 11.8 Å². The molecule has 0 aliphatic heterocycles. The van der Waals surface area contributed by atoms with Crippen molar-refractivity contribution < 1.29 is 5.11 Å². The molecular weight excluding hydrogens is 258 g/mol. The molecule has 19 heavy (non-hydrogen) atoms. The third kappa shape index (κ3) is 3.81. The van der Waals surface area contributed by atoms with E-state index in [0.717, 1.165) is 11.4 Å². The predicted octanol–water partition coefficient (Wildman–Crippen LogP) is 2.83. The topological polar surface area (TPSA) is 50.9 Å². The number of hydrogen-bond donors (Lipinski definition) is 1. The third-order valence-corrected chi connectivity index (χ3v) is 3.94. The fraction of sp³-hybridized carbons (Fsp3) is 0.429. The van der Waals surface area contributed by atoms with E-state index >= 15 is 0 Å². The summed E-state index contributed by atoms with van der Waals surface area (Å²) in [7, 11) is 0. The molecule has 0 spiro atoms. The standard InChI is InChI=1S/C14H19N3OS/c1-14(2,3)19-10-13(18)12-9-15-16-17(12)11-7-5-4-6-8-11/h4-9,13,18H,10H2,1-3H3. The Labute approximate surface area is 117 Å². The molecule has 102 valence electrons. The largest absolute Gasteiger partial charge is 0.386 e. The third-order valence-electron chi connectivity index (χ3n) is 2.59. The molecule has 0 saturated carbocycles. The summed E-state index contributed by atoms with van der Waals surface area (Å²) in [6.45, 7) is 6.41. The summed E-state index contributed by atoms with van der Waals surface area (Å²) < 4.78 is 1.82. The minimum atomic E-state index is -0.570. The number of aliphatic hydroxyl groups is 1. The number of rotatable bonds is 4. The van der Waals surface area contributed by atoms with Gasteiger partial charge in [0.25, 0.3) is 0 Å². The van der Waals surface area contributed by atoms with Crippen LogP contribution in [0.1, 0.15) is 32.6 Å². The van der Waals surface area contributed by atoms with Gasteiger partial charge in [0, 0.05) is 10.5 Å². The molecule has 0 radical (unpaired) electrons. The molecule has 4 nitrogen and oxygen atoms in total. The van der Waals surface area contributed by atoms with Crippen LogP contribution in [0.15, 0.2) is 36.5 Å². The Kier molecular flexibility index (Phi) is 4.27. The first kappa shape index (κ1) is 14.1. The average molecular weight is 277 g/mol. The van der Waals surface area contributed by atoms with Crippen LogP contribution in [-0.4, -0.2) is 30.6 Å². The van der Waals surface area contributed by atoms with E-state index in [0.29, 0.717) is 5.75 Å². The Morgan fingerprint density at radius 3 is 2.58 bits per heavy atom. The molecule has 1 unspecified atom stereocenters. The Morgan fingerprint density at radius 2 is 1.95 bits per heavy atom. The van der Waals surface area contributed by atoms with E-state index in [1.807, 2.05) is 30.3 Å². The van der Waals surface area contributed by atoms with Gasteiger partial charge in [0.2, 0.25) is 0 Å². The number of aliphatic hydroxyl groups excluding tert-OH is 1. The van der Waals surface area contributed by atoms with Crippen LogP contribution in [0.3, 0.4) is 0 Å². The molecule has 0 fully saturated rings. The Hall–Kier alpha value is -1.33. The van der Waals surface area contributed by atoms with Crippen LogP contribution in [0, 0.1) is 0 Å². The summed E-state index contributed by atoms with van der Waals surface area (Å²) >= 11 is 1.72. The van der Waals surface area contributed by atoms with Gasteiger partial charge in [-0.1, -0.05) is 44.2 Å². The lowest BCUT2D eigenvalue weighted by Gasteiger charge is -2.20. The van der Waals surface area contributed by atoms with E-state index in [9.17, 15) is 5.11 Å². The normalized spacial score (nSPS) is 13.5. The lowest BCUT2D eigenvalue weighted by molar-refractivity contribution is 0.195. The highest BCUT2D eigenvalue weighted by Crippen LogP contribution is 2.28. The van der Waals surface area contributed by atoms with Crippen LogP contribution in [0.4, 0.5) is 0 Å². The van der Waals surface area contributed by atoms with E-state index in [2.05, 4.69) is 31.1 Å². The monoisotopic (exact) mass is 277 g/mol. The number of para-hydroxylation sites is 1. The van der Waals surface area contributed by atoms with Crippen molar-refractivity contribution in [2.24, 2.45) is 0 Å². The van der Waals surface area contributed by atoms with Crippen LogP contribution in [0.2, 0.25) is 0 Å². The molecule has 0 amide bonds. The maximum Gasteiger partial charge on any atom is 0.107 e. The van der Waals surface area contributed by atoms with Gasteiger partial charge in [0.1, 0.15) is 6.10 Å². The quantitative estimate of drug-likeness (QED) is 0.933. The Balaban J connectivity index is 2.16. The fourth-order valence-corrected chi connectivity index (χ4v) is 2.48. The van der Waals surface area contributed by atoms with Crippen molar-refractivity contribution in [2.45, 2.75) is 31.6 Å². The molecule has 1 aromatic heterocycles. The van der Waals surface area contributed by atoms with Crippen molar-refractivity contribution in [3.63, 3.8) is 0 Å². The first-order chi connectivity index (χ1) is 8.97. The molecule has 1 N–H and O–H groups in total. The molecule has 0 saturated heterocycles. The molecule has 0 aliphatic carbocycles. The number of thioether (sulfide) groups is 1. The van der Waals surface area contributed by atoms with Gasteiger partial charge in [-0.2, -0.15) is 11.8 Å². The van der Waals surface area contributed by atoms with Gasteiger partial charge in [0.15, 0.2) is 0 Å². The van der Waals surface area contributed by atoms with Crippen molar-refractivity contribution in [1.29, 1.82) is 0 Å². The smallest absolute Gasteiger partial charge is 0.107 e. The van der Waals surface area contributed by atoms with E-state index in [-0.39, 0.29) is 4.75 Å². The van der Waals surface area contributed by atoms with Crippen molar-refractivity contribution >= 4 is 11.8 Å². The van der Waals surface area contributed by atoms with E-state index in [4.69, 9.17) is 0 Å². The zero-order chi connectivity index (χ0) is 13.9. The maximum absolute atomic E-state index is 10.3. The molecule has 2 rings (SSSR count). The number of hydrogen-bond acceptors (Lipinski definition) is 4. The molecule has 0 aliphatic rings. The van der Waals surface area contributed by atoms with Crippen LogP contribution in [0.5, 0.6) is 0 Å². The molecule has 1 aromatic carbocycles. The number of benzene rings is 1. The maximum atomic E-state index is 10.3. The highest BCUT2D eigenvalue weighted by atomic mass is 32.2. The minimum absolute atomic E-state index is 0.131. The SMILES string of the molecule is CC(C)(C)SCC(O)c1cnnn1-c1ccccc1. The van der Waals surface area contributed by atoms with Gasteiger partial charge in [0.05, 0.1) is 17.6 Å². The molecule has 2 aromatic rings. The lowest BCUT2D eigenvalue weighted by atomic mass is 10.2. The van der Waals surface area contributed by atoms with Crippen molar-refractivity contribution in [1.82, 2.24) is 15.0 Å². The predicted molar refractivity (Wildman–Crippen MR) is 78.5 cm³/mol. The zero-order valence-corrected chi connectivity index (χ0v) is 12.3. The second-order valence-corrected chi connectivity index (χ2v) is 7.19. The van der Waals surface area contributed by atoms with Crippen molar-refractivity contribution in [3.05, 3.63) is 42.2 Å². The number of nitrogens with zero attached hydrogens (tertiary/aromatic N) is 3. The second-order valence-electron chi connectivity index (χ2n) is 5.35. The van der Waals surface area contributed by atoms with Gasteiger partial charge in [-0.15, -0.1) is 5.10 Å². The first-order valence-corrected chi connectivity index (χ1v) is 7.24. The summed E-state index contributed by atoms with van der Waals surface area (Å²) in [6.07, 6.45) is 1.06. The zero-order valence-electron chi connectivity index (χ0n) is 11.4. The van der Waals surface area contributed by atoms with E-state index in [1.165, 1.54) is 0 Å². The van der Waals surface area contributed by atoms with E-state index in [1.54, 1.807) is 22.6 Å². The summed E-state index contributed by atoms with van der Waals surface area (Å²) in [5.74, 6) is 0.629. The highest BCUT2D eigenvalue weighted by molar-refractivity contribution is 8.00. The lowest BCUT2D eigenvalue weighted by Crippen LogP contribution is -2.14. The summed E-state index contributed by atoms with van der Waals surface area (Å²) in [4.78, 5) is 0. The molecular formula is C14H19N3OS. The molecule has 1 atom stereocenters. The molecule has 5 heteroatoms. The van der Waals surface area contributed by atoms with Gasteiger partial charge in [-0.3, -0.25) is 0 Å². The van der Waals surface area contributed by atoms with Crippen molar-refractivity contribution in [2.75, 3.05) is 5.75 Å². The molecule has 0 bridgehead atoms. The molecule has 1 heterocycles. The van der Waals surface area contributed by atoms with Gasteiger partial charge in [-0.05, 0) is 12.1 Å². The van der Waals surface area contributed by atoms with Gasteiger partial charge < -0.3 is 5.11 Å². The van der Waals surface area contributed by atoms with E-state index < -0.39 is 6.10 Å². The van der Waals surface area contributed by atoms with Gasteiger partial charge in [-0.25, -0.2) is 4.68 Å².